The molecule has 0 bridgehead atoms. The molecule has 0 fully saturated rings. The van der Waals surface area contributed by atoms with Gasteiger partial charge in [-0.2, -0.15) is 4.99 Å². The highest BCUT2D eigenvalue weighted by Crippen LogP contribution is 2.34. The quantitative estimate of drug-likeness (QED) is 0.540. The molecule has 0 N–H and O–H groups in total. The van der Waals surface area contributed by atoms with Crippen LogP contribution in [0.1, 0.15) is 9.80 Å². The summed E-state index contributed by atoms with van der Waals surface area (Å²) >= 11 is 2.73. The van der Waals surface area contributed by atoms with Gasteiger partial charge >= 0.3 is 5.91 Å². The molecular weight excluding hydrogens is 370 g/mol. The molecule has 0 radical (unpaired) electrons. The Bertz CT molecular complexity index is 1170. The van der Waals surface area contributed by atoms with Crippen LogP contribution in [-0.2, 0) is 7.05 Å². The maximum Gasteiger partial charge on any atom is 0.308 e. The molecule has 0 saturated carbocycles. The van der Waals surface area contributed by atoms with E-state index < -0.39 is 0 Å². The van der Waals surface area contributed by atoms with Crippen molar-refractivity contribution < 1.29 is 14.3 Å². The summed E-state index contributed by atoms with van der Waals surface area (Å²) in [7, 11) is 5.08. The highest BCUT2D eigenvalue weighted by atomic mass is 32.1. The van der Waals surface area contributed by atoms with Crippen LogP contribution in [0.2, 0.25) is 0 Å². The second kappa shape index (κ2) is 6.54. The van der Waals surface area contributed by atoms with E-state index in [1.807, 2.05) is 48.0 Å². The van der Waals surface area contributed by atoms with Gasteiger partial charge in [-0.1, -0.05) is 23.5 Å². The number of benzene rings is 2. The lowest BCUT2D eigenvalue weighted by molar-refractivity contribution is 0.0998. The minimum Gasteiger partial charge on any atom is -0.495 e. The van der Waals surface area contributed by atoms with Crippen LogP contribution in [0.15, 0.2) is 41.4 Å². The number of carbonyl (C=O) groups is 1. The van der Waals surface area contributed by atoms with E-state index in [1.54, 1.807) is 14.2 Å². The number of nitrogens with zero attached hydrogens (tertiary/aromatic N) is 3. The van der Waals surface area contributed by atoms with Crippen LogP contribution in [0, 0.1) is 0 Å². The number of para-hydroxylation sites is 1. The third-order valence-electron chi connectivity index (χ3n) is 3.99. The Hall–Kier alpha value is -2.71. The first kappa shape index (κ1) is 16.7. The van der Waals surface area contributed by atoms with Gasteiger partial charge in [0.05, 0.1) is 24.4 Å². The predicted molar refractivity (Wildman–Crippen MR) is 103 cm³/mol. The molecule has 1 amide bonds. The molecule has 4 aromatic rings. The van der Waals surface area contributed by atoms with Crippen LogP contribution in [0.3, 0.4) is 0 Å². The first-order chi connectivity index (χ1) is 12.6. The smallest absolute Gasteiger partial charge is 0.308 e. The zero-order chi connectivity index (χ0) is 18.3. The minimum absolute atomic E-state index is 0.355. The van der Waals surface area contributed by atoms with Gasteiger partial charge in [0.25, 0.3) is 0 Å². The summed E-state index contributed by atoms with van der Waals surface area (Å²) in [6, 6.07) is 11.3. The van der Waals surface area contributed by atoms with E-state index in [1.165, 1.54) is 22.7 Å². The van der Waals surface area contributed by atoms with Gasteiger partial charge in [-0.25, -0.2) is 4.98 Å². The van der Waals surface area contributed by atoms with Crippen molar-refractivity contribution in [2.45, 2.75) is 0 Å². The molecule has 0 spiro atoms. The fourth-order valence-corrected chi connectivity index (χ4v) is 4.70. The molecule has 2 heterocycles. The van der Waals surface area contributed by atoms with Crippen molar-refractivity contribution in [1.82, 2.24) is 9.55 Å². The lowest BCUT2D eigenvalue weighted by Crippen LogP contribution is -2.13. The number of amides is 1. The summed E-state index contributed by atoms with van der Waals surface area (Å²) in [6.45, 7) is 0. The number of aryl methyl sites for hydroxylation is 1. The Morgan fingerprint density at radius 1 is 1.08 bits per heavy atom. The monoisotopic (exact) mass is 385 g/mol. The molecule has 0 aliphatic heterocycles. The lowest BCUT2D eigenvalue weighted by Gasteiger charge is -2.06. The van der Waals surface area contributed by atoms with E-state index in [-0.39, 0.29) is 5.91 Å². The summed E-state index contributed by atoms with van der Waals surface area (Å²) in [5.74, 6) is 1.06. The van der Waals surface area contributed by atoms with Crippen LogP contribution in [-0.4, -0.2) is 29.7 Å². The highest BCUT2D eigenvalue weighted by Gasteiger charge is 2.16. The van der Waals surface area contributed by atoms with Crippen LogP contribution in [0.4, 0.5) is 0 Å². The largest absolute Gasteiger partial charge is 0.495 e. The van der Waals surface area contributed by atoms with Crippen LogP contribution < -0.4 is 14.3 Å². The highest BCUT2D eigenvalue weighted by molar-refractivity contribution is 7.20. The van der Waals surface area contributed by atoms with Crippen molar-refractivity contribution in [3.05, 3.63) is 46.2 Å². The van der Waals surface area contributed by atoms with Gasteiger partial charge in [0.15, 0.2) is 9.81 Å². The molecule has 0 aliphatic carbocycles. The summed E-state index contributed by atoms with van der Waals surface area (Å²) in [6.07, 6.45) is 0. The number of hydrogen-bond donors (Lipinski definition) is 0. The Morgan fingerprint density at radius 3 is 2.54 bits per heavy atom. The number of thiazole rings is 2. The van der Waals surface area contributed by atoms with Crippen LogP contribution >= 0.6 is 22.7 Å². The average molecular weight is 385 g/mol. The van der Waals surface area contributed by atoms with Gasteiger partial charge < -0.3 is 14.0 Å². The maximum atomic E-state index is 12.6. The standard InChI is InChI=1S/C18H15N3O3S2/c1-21-14-11(23-2)8-9-12(24-3)15(14)26-18(21)20-16(22)17-19-10-6-4-5-7-13(10)25-17/h4-9H,1-3H3. The Morgan fingerprint density at radius 2 is 1.81 bits per heavy atom. The van der Waals surface area contributed by atoms with E-state index in [9.17, 15) is 4.79 Å². The van der Waals surface area contributed by atoms with Gasteiger partial charge in [-0.3, -0.25) is 4.79 Å². The van der Waals surface area contributed by atoms with E-state index >= 15 is 0 Å². The fraction of sp³-hybridized carbons (Fsp3) is 0.167. The normalized spacial score (nSPS) is 12.0. The number of carbonyl (C=O) groups excluding carboxylic acids is 1. The number of ether oxygens (including phenoxy) is 2. The number of aromatic nitrogens is 2. The zero-order valence-corrected chi connectivity index (χ0v) is 16.0. The molecule has 26 heavy (non-hydrogen) atoms. The van der Waals surface area contributed by atoms with Crippen molar-refractivity contribution in [2.75, 3.05) is 14.2 Å². The molecule has 2 aromatic carbocycles. The van der Waals surface area contributed by atoms with E-state index in [4.69, 9.17) is 9.47 Å². The minimum atomic E-state index is -0.355. The molecule has 132 valence electrons. The fourth-order valence-electron chi connectivity index (χ4n) is 2.73. The second-order valence-electron chi connectivity index (χ2n) is 5.50. The number of rotatable bonds is 3. The van der Waals surface area contributed by atoms with Crippen molar-refractivity contribution >= 4 is 49.0 Å². The zero-order valence-electron chi connectivity index (χ0n) is 14.3. The molecule has 2 aromatic heterocycles. The average Bonchev–Trinajstić information content (AvgIpc) is 3.23. The number of fused-ring (bicyclic) bond motifs is 2. The molecule has 0 saturated heterocycles. The first-order valence-electron chi connectivity index (χ1n) is 7.77. The third-order valence-corrected chi connectivity index (χ3v) is 6.16. The van der Waals surface area contributed by atoms with E-state index in [2.05, 4.69) is 9.98 Å². The summed E-state index contributed by atoms with van der Waals surface area (Å²) in [5.41, 5.74) is 1.65. The molecular formula is C18H15N3O3S2. The van der Waals surface area contributed by atoms with Gasteiger partial charge in [-0.05, 0) is 24.3 Å². The topological polar surface area (TPSA) is 65.7 Å². The third kappa shape index (κ3) is 2.67. The van der Waals surface area contributed by atoms with Crippen molar-refractivity contribution in [2.24, 2.45) is 12.0 Å². The first-order valence-corrected chi connectivity index (χ1v) is 9.41. The van der Waals surface area contributed by atoms with Crippen molar-refractivity contribution in [3.63, 3.8) is 0 Å². The van der Waals surface area contributed by atoms with Gasteiger partial charge in [0, 0.05) is 7.05 Å². The second-order valence-corrected chi connectivity index (χ2v) is 7.50. The Balaban J connectivity index is 1.87. The predicted octanol–water partition coefficient (Wildman–Crippen LogP) is 3.61. The maximum absolute atomic E-state index is 12.6. The summed E-state index contributed by atoms with van der Waals surface area (Å²) in [4.78, 5) is 21.9. The molecule has 6 nitrogen and oxygen atoms in total. The Kier molecular flexibility index (Phi) is 4.21. The SMILES string of the molecule is COc1ccc(OC)c2c1sc(=NC(=O)c1nc3ccccc3s1)n2C. The molecule has 4 rings (SSSR count). The van der Waals surface area contributed by atoms with Gasteiger partial charge in [0.2, 0.25) is 0 Å². The van der Waals surface area contributed by atoms with Crippen molar-refractivity contribution in [3.8, 4) is 11.5 Å². The number of hydrogen-bond acceptors (Lipinski definition) is 6. The summed E-state index contributed by atoms with van der Waals surface area (Å²) < 4.78 is 14.6. The van der Waals surface area contributed by atoms with Crippen LogP contribution in [0.25, 0.3) is 20.4 Å². The van der Waals surface area contributed by atoms with Crippen molar-refractivity contribution in [1.29, 1.82) is 0 Å². The molecule has 0 unspecified atom stereocenters. The van der Waals surface area contributed by atoms with Gasteiger partial charge in [-0.15, -0.1) is 11.3 Å². The molecule has 0 aliphatic rings. The molecule has 8 heteroatoms. The van der Waals surface area contributed by atoms with E-state index in [0.717, 1.165) is 26.2 Å². The Labute approximate surface area is 157 Å². The lowest BCUT2D eigenvalue weighted by atomic mass is 10.3. The van der Waals surface area contributed by atoms with Gasteiger partial charge in [0.1, 0.15) is 21.7 Å². The van der Waals surface area contributed by atoms with E-state index in [0.29, 0.717) is 15.6 Å². The molecule has 0 atom stereocenters. The van der Waals surface area contributed by atoms with Crippen LogP contribution in [0.5, 0.6) is 11.5 Å². The number of methoxy groups -OCH3 is 2. The summed E-state index contributed by atoms with van der Waals surface area (Å²) in [5, 5.41) is 0.377.